The number of rotatable bonds is 7. The van der Waals surface area contributed by atoms with E-state index in [-0.39, 0.29) is 37.4 Å². The van der Waals surface area contributed by atoms with Gasteiger partial charge in [0, 0.05) is 64.1 Å². The lowest BCUT2D eigenvalue weighted by atomic mass is 10.0. The smallest absolute Gasteiger partial charge is 0.426 e. The van der Waals surface area contributed by atoms with E-state index in [9.17, 15) is 35.9 Å². The summed E-state index contributed by atoms with van der Waals surface area (Å²) in [7, 11) is 0. The highest BCUT2D eigenvalue weighted by molar-refractivity contribution is 5.99. The van der Waals surface area contributed by atoms with Crippen molar-refractivity contribution < 1.29 is 45.4 Å². The minimum absolute atomic E-state index is 0.0428. The minimum Gasteiger partial charge on any atom is -0.426 e. The third-order valence-corrected chi connectivity index (χ3v) is 6.39. The van der Waals surface area contributed by atoms with E-state index >= 15 is 0 Å². The van der Waals surface area contributed by atoms with Crippen LogP contribution in [0, 0.1) is 17.2 Å². The molecule has 0 spiro atoms. The number of alkyl halides is 6. The van der Waals surface area contributed by atoms with Crippen LogP contribution in [-0.4, -0.2) is 117 Å². The molecule has 3 heterocycles. The Bertz CT molecular complexity index is 831. The number of hydrogen-bond donors (Lipinski definition) is 2. The van der Waals surface area contributed by atoms with Gasteiger partial charge in [0.1, 0.15) is 5.70 Å². The van der Waals surface area contributed by atoms with E-state index in [2.05, 4.69) is 10.1 Å². The van der Waals surface area contributed by atoms with Crippen molar-refractivity contribution in [3.8, 4) is 0 Å². The zero-order valence-corrected chi connectivity index (χ0v) is 19.6. The van der Waals surface area contributed by atoms with E-state index in [4.69, 9.17) is 10.1 Å². The average Bonchev–Trinajstić information content (AvgIpc) is 3.37. The van der Waals surface area contributed by atoms with Gasteiger partial charge in [0.25, 0.3) is 12.0 Å². The summed E-state index contributed by atoms with van der Waals surface area (Å²) in [6.07, 6.45) is -16.3. The molecule has 9 nitrogen and oxygen atoms in total. The first-order chi connectivity index (χ1) is 16.8. The molecular formula is C21H29F6N5O4. The summed E-state index contributed by atoms with van der Waals surface area (Å²) in [5, 5.41) is 10.9. The van der Waals surface area contributed by atoms with Crippen LogP contribution in [0.1, 0.15) is 6.92 Å². The van der Waals surface area contributed by atoms with Gasteiger partial charge in [-0.05, 0) is 18.8 Å². The monoisotopic (exact) mass is 529 g/mol. The van der Waals surface area contributed by atoms with Gasteiger partial charge in [-0.2, -0.15) is 26.3 Å². The molecule has 3 fully saturated rings. The summed E-state index contributed by atoms with van der Waals surface area (Å²) >= 11 is 0. The first kappa shape index (κ1) is 28.0. The fraction of sp³-hybridized carbons (Fsp3) is 0.762. The van der Waals surface area contributed by atoms with Gasteiger partial charge in [-0.1, -0.05) is 0 Å². The van der Waals surface area contributed by atoms with Gasteiger partial charge in [-0.25, -0.2) is 4.79 Å². The number of morpholine rings is 1. The van der Waals surface area contributed by atoms with Crippen LogP contribution in [0.5, 0.6) is 0 Å². The lowest BCUT2D eigenvalue weighted by Crippen LogP contribution is -2.48. The first-order valence-corrected chi connectivity index (χ1v) is 11.5. The lowest BCUT2D eigenvalue weighted by molar-refractivity contribution is -0.308. The van der Waals surface area contributed by atoms with Gasteiger partial charge >= 0.3 is 18.4 Å². The SMILES string of the molecule is CCN/C(C(=O)N1CCOCC1)=C(\C=N)CN1CC2CN(C(=O)OC(C(F)(F)F)C(F)(F)F)CC2C1. The van der Waals surface area contributed by atoms with Crippen LogP contribution in [0.2, 0.25) is 0 Å². The number of carbonyl (C=O) groups is 2. The maximum atomic E-state index is 13.0. The molecule has 2 atom stereocenters. The predicted octanol–water partition coefficient (Wildman–Crippen LogP) is 1.85. The highest BCUT2D eigenvalue weighted by atomic mass is 19.4. The van der Waals surface area contributed by atoms with Gasteiger partial charge < -0.3 is 30.0 Å². The zero-order valence-electron chi connectivity index (χ0n) is 19.6. The molecule has 15 heteroatoms. The third-order valence-electron chi connectivity index (χ3n) is 6.39. The van der Waals surface area contributed by atoms with Crippen molar-refractivity contribution in [3.63, 3.8) is 0 Å². The number of likely N-dealkylation sites (N-methyl/N-ethyl adjacent to an activating group) is 1. The Hall–Kier alpha value is -2.55. The molecule has 0 saturated carbocycles. The highest BCUT2D eigenvalue weighted by Crippen LogP contribution is 2.37. The van der Waals surface area contributed by atoms with E-state index in [1.807, 2.05) is 11.8 Å². The summed E-state index contributed by atoms with van der Waals surface area (Å²) in [6, 6.07) is 0. The second-order valence-corrected chi connectivity index (χ2v) is 8.95. The van der Waals surface area contributed by atoms with E-state index in [1.54, 1.807) is 4.90 Å². The van der Waals surface area contributed by atoms with Crippen molar-refractivity contribution in [2.75, 3.05) is 65.6 Å². The quantitative estimate of drug-likeness (QED) is 0.297. The number of halogens is 6. The molecule has 36 heavy (non-hydrogen) atoms. The Labute approximate surface area is 203 Å². The maximum absolute atomic E-state index is 13.0. The summed E-state index contributed by atoms with van der Waals surface area (Å²) in [4.78, 5) is 29.5. The highest BCUT2D eigenvalue weighted by Gasteiger charge is 2.60. The van der Waals surface area contributed by atoms with Crippen LogP contribution in [0.4, 0.5) is 31.1 Å². The number of carbonyl (C=O) groups excluding carboxylic acids is 2. The molecule has 204 valence electrons. The molecule has 0 aromatic heterocycles. The molecule has 2 amide bonds. The maximum Gasteiger partial charge on any atom is 0.434 e. The lowest BCUT2D eigenvalue weighted by Gasteiger charge is -2.29. The standard InChI is InChI=1S/C21H29F6N5O4/c1-2-29-16(17(33)31-3-5-35-6-4-31)13(7-28)8-30-9-14-11-32(12-15(14)10-30)19(34)36-18(20(22,23)24)21(25,26)27/h7,14-15,18,28-29H,2-6,8-12H2,1H3/b16-13+,28-7?. The molecule has 2 N–H and O–H groups in total. The number of nitrogens with one attached hydrogen (secondary N) is 2. The van der Waals surface area contributed by atoms with Crippen molar-refractivity contribution >= 4 is 18.2 Å². The second-order valence-electron chi connectivity index (χ2n) is 8.95. The number of amides is 2. The zero-order chi connectivity index (χ0) is 26.7. The molecule has 0 bridgehead atoms. The number of hydrogen-bond acceptors (Lipinski definition) is 7. The summed E-state index contributed by atoms with van der Waals surface area (Å²) in [5.74, 6) is -0.606. The van der Waals surface area contributed by atoms with Gasteiger partial charge in [0.05, 0.1) is 13.2 Å². The average molecular weight is 529 g/mol. The van der Waals surface area contributed by atoms with Crippen molar-refractivity contribution in [3.05, 3.63) is 11.3 Å². The van der Waals surface area contributed by atoms with Gasteiger partial charge in [-0.3, -0.25) is 9.69 Å². The third kappa shape index (κ3) is 6.60. The number of fused-ring (bicyclic) bond motifs is 1. The molecule has 3 rings (SSSR count). The number of ether oxygens (including phenoxy) is 2. The Morgan fingerprint density at radius 1 is 1.03 bits per heavy atom. The van der Waals surface area contributed by atoms with Crippen molar-refractivity contribution in [1.29, 1.82) is 5.41 Å². The van der Waals surface area contributed by atoms with E-state index in [1.165, 1.54) is 0 Å². The fourth-order valence-electron chi connectivity index (χ4n) is 4.73. The normalized spacial score (nSPS) is 24.0. The topological polar surface area (TPSA) is 98.2 Å². The van der Waals surface area contributed by atoms with E-state index in [0.717, 1.165) is 11.1 Å². The van der Waals surface area contributed by atoms with Crippen LogP contribution in [0.15, 0.2) is 11.3 Å². The van der Waals surface area contributed by atoms with E-state index < -0.39 is 24.5 Å². The summed E-state index contributed by atoms with van der Waals surface area (Å²) in [6.45, 7) is 4.97. The van der Waals surface area contributed by atoms with Crippen LogP contribution >= 0.6 is 0 Å². The number of likely N-dealkylation sites (tertiary alicyclic amines) is 2. The van der Waals surface area contributed by atoms with Crippen molar-refractivity contribution in [2.45, 2.75) is 25.4 Å². The van der Waals surface area contributed by atoms with Gasteiger partial charge in [0.2, 0.25) is 0 Å². The molecule has 0 aromatic carbocycles. The van der Waals surface area contributed by atoms with Crippen LogP contribution in [-0.2, 0) is 14.3 Å². The van der Waals surface area contributed by atoms with Gasteiger partial charge in [0.15, 0.2) is 0 Å². The molecule has 0 aromatic rings. The van der Waals surface area contributed by atoms with Crippen LogP contribution in [0.25, 0.3) is 0 Å². The molecule has 3 saturated heterocycles. The molecule has 3 aliphatic heterocycles. The second kappa shape index (κ2) is 11.2. The van der Waals surface area contributed by atoms with Crippen molar-refractivity contribution in [2.24, 2.45) is 11.8 Å². The van der Waals surface area contributed by atoms with E-state index in [0.29, 0.717) is 57.2 Å². The Morgan fingerprint density at radius 3 is 2.06 bits per heavy atom. The van der Waals surface area contributed by atoms with Crippen molar-refractivity contribution in [1.82, 2.24) is 20.0 Å². The molecule has 0 radical (unpaired) electrons. The van der Waals surface area contributed by atoms with Crippen LogP contribution < -0.4 is 5.32 Å². The molecular weight excluding hydrogens is 500 g/mol. The predicted molar refractivity (Wildman–Crippen MR) is 114 cm³/mol. The molecule has 0 aliphatic carbocycles. The number of nitrogens with zero attached hydrogens (tertiary/aromatic N) is 3. The van der Waals surface area contributed by atoms with Crippen LogP contribution in [0.3, 0.4) is 0 Å². The molecule has 3 aliphatic rings. The Balaban J connectivity index is 1.61. The Kier molecular flexibility index (Phi) is 8.75. The molecule has 2 unspecified atom stereocenters. The summed E-state index contributed by atoms with van der Waals surface area (Å²) in [5.41, 5.74) is 0.768. The fourth-order valence-corrected chi connectivity index (χ4v) is 4.73. The largest absolute Gasteiger partial charge is 0.434 e. The Morgan fingerprint density at radius 2 is 1.58 bits per heavy atom. The first-order valence-electron chi connectivity index (χ1n) is 11.5. The van der Waals surface area contributed by atoms with Gasteiger partial charge in [-0.15, -0.1) is 0 Å². The summed E-state index contributed by atoms with van der Waals surface area (Å²) < 4.78 is 85.4. The minimum atomic E-state index is -5.77.